The molecule has 0 heterocycles. The molecule has 0 amide bonds. The summed E-state index contributed by atoms with van der Waals surface area (Å²) in [5, 5.41) is 0. The van der Waals surface area contributed by atoms with E-state index in [9.17, 15) is 0 Å². The van der Waals surface area contributed by atoms with E-state index in [1.807, 2.05) is 0 Å². The van der Waals surface area contributed by atoms with Gasteiger partial charge in [0.15, 0.2) is 0 Å². The molecule has 0 atom stereocenters. The van der Waals surface area contributed by atoms with Gasteiger partial charge in [0, 0.05) is 10.2 Å². The lowest BCUT2D eigenvalue weighted by molar-refractivity contribution is -0.367. The third-order valence-corrected chi connectivity index (χ3v) is 1.31. The standard InChI is InChI=1S/C3H11NSi.BrH/c4-2-1-3-5;/h1-4H2,5H3;1H. The topological polar surface area (TPSA) is 27.6 Å². The Kier molecular flexibility index (Phi) is 15.0. The summed E-state index contributed by atoms with van der Waals surface area (Å²) in [5.74, 6) is 0. The molecular formula is C3H12BrNSi. The first-order valence-corrected chi connectivity index (χ1v) is 3.62. The highest BCUT2D eigenvalue weighted by atomic mass is 79.9. The molecule has 0 saturated heterocycles. The summed E-state index contributed by atoms with van der Waals surface area (Å²) in [6, 6.07) is 1.42. The van der Waals surface area contributed by atoms with Gasteiger partial charge in [-0.25, -0.2) is 0 Å². The Balaban J connectivity index is 0. The van der Waals surface area contributed by atoms with Gasteiger partial charge in [0.25, 0.3) is 0 Å². The van der Waals surface area contributed by atoms with Crippen molar-refractivity contribution in [3.8, 4) is 0 Å². The van der Waals surface area contributed by atoms with Gasteiger partial charge in [0.1, 0.15) is 0 Å². The average molecular weight is 170 g/mol. The minimum absolute atomic E-state index is 0. The van der Waals surface area contributed by atoms with Crippen LogP contribution in [0, 0.1) is 0 Å². The Morgan fingerprint density at radius 1 is 1.50 bits per heavy atom. The zero-order valence-corrected chi connectivity index (χ0v) is 7.79. The minimum atomic E-state index is 0. The zero-order chi connectivity index (χ0) is 4.12. The number of rotatable bonds is 2. The maximum atomic E-state index is 3.70. The Morgan fingerprint density at radius 2 is 2.00 bits per heavy atom. The van der Waals surface area contributed by atoms with Gasteiger partial charge in [0.2, 0.25) is 0 Å². The molecule has 6 heavy (non-hydrogen) atoms. The molecule has 0 aromatic rings. The molecule has 0 fully saturated rings. The van der Waals surface area contributed by atoms with Crippen LogP contribution >= 0.6 is 0 Å². The van der Waals surface area contributed by atoms with E-state index in [1.165, 1.54) is 22.7 Å². The molecule has 40 valence electrons. The first-order valence-electron chi connectivity index (χ1n) is 2.21. The lowest BCUT2D eigenvalue weighted by Crippen LogP contribution is -3.00. The van der Waals surface area contributed by atoms with Gasteiger partial charge in [-0.3, -0.25) is 0 Å². The van der Waals surface area contributed by atoms with Crippen LogP contribution in [-0.2, 0) is 0 Å². The molecule has 0 spiro atoms. The van der Waals surface area contributed by atoms with Crippen LogP contribution in [0.5, 0.6) is 0 Å². The van der Waals surface area contributed by atoms with E-state index in [4.69, 9.17) is 0 Å². The minimum Gasteiger partial charge on any atom is -1.00 e. The van der Waals surface area contributed by atoms with Gasteiger partial charge in [0.05, 0.1) is 6.54 Å². The molecule has 0 aliphatic rings. The third kappa shape index (κ3) is 8.82. The molecule has 0 aromatic heterocycles. The van der Waals surface area contributed by atoms with E-state index in [0.29, 0.717) is 0 Å². The van der Waals surface area contributed by atoms with Gasteiger partial charge in [-0.1, -0.05) is 6.04 Å². The van der Waals surface area contributed by atoms with E-state index in [-0.39, 0.29) is 17.0 Å². The highest BCUT2D eigenvalue weighted by Gasteiger charge is 1.71. The highest BCUT2D eigenvalue weighted by Crippen LogP contribution is 1.72. The van der Waals surface area contributed by atoms with E-state index < -0.39 is 0 Å². The molecule has 0 bridgehead atoms. The zero-order valence-electron chi connectivity index (χ0n) is 4.21. The fourth-order valence-corrected chi connectivity index (χ4v) is 0.750. The predicted molar refractivity (Wildman–Crippen MR) is 27.1 cm³/mol. The van der Waals surface area contributed by atoms with Crippen molar-refractivity contribution in [3.05, 3.63) is 0 Å². The molecule has 0 unspecified atom stereocenters. The van der Waals surface area contributed by atoms with Gasteiger partial charge < -0.3 is 22.7 Å². The van der Waals surface area contributed by atoms with E-state index in [1.54, 1.807) is 0 Å². The Morgan fingerprint density at radius 3 is 2.00 bits per heavy atom. The SMILES string of the molecule is [Br-].[NH3+]CCC[SiH3]. The molecule has 1 nitrogen and oxygen atoms in total. The largest absolute Gasteiger partial charge is 1.00 e. The van der Waals surface area contributed by atoms with Crippen LogP contribution in [0.15, 0.2) is 0 Å². The lowest BCUT2D eigenvalue weighted by atomic mass is 10.5. The van der Waals surface area contributed by atoms with Crippen LogP contribution in [0.2, 0.25) is 6.04 Å². The summed E-state index contributed by atoms with van der Waals surface area (Å²) in [7, 11) is 1.36. The van der Waals surface area contributed by atoms with Crippen molar-refractivity contribution in [2.75, 3.05) is 6.54 Å². The Hall–Kier alpha value is 0.657. The summed E-state index contributed by atoms with van der Waals surface area (Å²) in [6.45, 7) is 1.13. The van der Waals surface area contributed by atoms with Crippen molar-refractivity contribution < 1.29 is 22.7 Å². The third-order valence-electron chi connectivity index (χ3n) is 0.604. The summed E-state index contributed by atoms with van der Waals surface area (Å²) < 4.78 is 0. The fourth-order valence-electron chi connectivity index (χ4n) is 0.250. The van der Waals surface area contributed by atoms with Gasteiger partial charge >= 0.3 is 0 Å². The summed E-state index contributed by atoms with van der Waals surface area (Å²) in [6.07, 6.45) is 1.34. The summed E-state index contributed by atoms with van der Waals surface area (Å²) in [4.78, 5) is 0. The number of hydrogen-bond donors (Lipinski definition) is 1. The highest BCUT2D eigenvalue weighted by molar-refractivity contribution is 6.08. The van der Waals surface area contributed by atoms with E-state index in [2.05, 4.69) is 5.73 Å². The smallest absolute Gasteiger partial charge is 0.0736 e. The molecule has 3 heteroatoms. The summed E-state index contributed by atoms with van der Waals surface area (Å²) in [5.41, 5.74) is 3.70. The van der Waals surface area contributed by atoms with Crippen molar-refractivity contribution in [2.45, 2.75) is 12.5 Å². The quantitative estimate of drug-likeness (QED) is 0.404. The molecule has 3 N–H and O–H groups in total. The molecule has 0 radical (unpaired) electrons. The normalized spacial score (nSPS) is 7.50. The first-order chi connectivity index (χ1) is 2.41. The molecule has 0 aliphatic heterocycles. The van der Waals surface area contributed by atoms with Crippen LogP contribution in [0.1, 0.15) is 6.42 Å². The van der Waals surface area contributed by atoms with Crippen molar-refractivity contribution in [3.63, 3.8) is 0 Å². The molecule has 0 aliphatic carbocycles. The van der Waals surface area contributed by atoms with Gasteiger partial charge in [-0.15, -0.1) is 0 Å². The average Bonchev–Trinajstić information content (AvgIpc) is 1.41. The van der Waals surface area contributed by atoms with Crippen molar-refractivity contribution in [1.29, 1.82) is 0 Å². The van der Waals surface area contributed by atoms with Crippen LogP contribution in [0.3, 0.4) is 0 Å². The first kappa shape index (κ1) is 9.82. The Bertz CT molecular complexity index is 18.3. The van der Waals surface area contributed by atoms with Crippen LogP contribution in [0.4, 0.5) is 0 Å². The molecule has 0 rings (SSSR count). The van der Waals surface area contributed by atoms with E-state index >= 15 is 0 Å². The Labute approximate surface area is 52.5 Å². The van der Waals surface area contributed by atoms with Gasteiger partial charge in [-0.2, -0.15) is 0 Å². The molecular weight excluding hydrogens is 158 g/mol. The second-order valence-electron chi connectivity index (χ2n) is 1.21. The van der Waals surface area contributed by atoms with Crippen LogP contribution < -0.4 is 22.7 Å². The lowest BCUT2D eigenvalue weighted by Gasteiger charge is -1.77. The monoisotopic (exact) mass is 169 g/mol. The predicted octanol–water partition coefficient (Wildman–Crippen LogP) is -4.59. The number of hydrogen-bond acceptors (Lipinski definition) is 0. The van der Waals surface area contributed by atoms with Crippen LogP contribution in [-0.4, -0.2) is 16.8 Å². The van der Waals surface area contributed by atoms with E-state index in [0.717, 1.165) is 6.54 Å². The molecule has 0 saturated carbocycles. The maximum Gasteiger partial charge on any atom is 0.0736 e. The van der Waals surface area contributed by atoms with Crippen molar-refractivity contribution in [1.82, 2.24) is 0 Å². The fraction of sp³-hybridized carbons (Fsp3) is 1.00. The van der Waals surface area contributed by atoms with Gasteiger partial charge in [-0.05, 0) is 6.42 Å². The van der Waals surface area contributed by atoms with Crippen molar-refractivity contribution in [2.24, 2.45) is 0 Å². The number of halogens is 1. The maximum absolute atomic E-state index is 3.70. The number of quaternary nitrogens is 1. The van der Waals surface area contributed by atoms with Crippen molar-refractivity contribution >= 4 is 10.2 Å². The second kappa shape index (κ2) is 9.17. The molecule has 0 aromatic carbocycles. The second-order valence-corrected chi connectivity index (χ2v) is 2.21. The van der Waals surface area contributed by atoms with Crippen LogP contribution in [0.25, 0.3) is 0 Å². The summed E-state index contributed by atoms with van der Waals surface area (Å²) >= 11 is 0.